The maximum absolute atomic E-state index is 12.7. The summed E-state index contributed by atoms with van der Waals surface area (Å²) in [4.78, 5) is 26.7. The number of furan rings is 1. The quantitative estimate of drug-likeness (QED) is 0.863. The van der Waals surface area contributed by atoms with Gasteiger partial charge in [-0.1, -0.05) is 13.8 Å². The lowest BCUT2D eigenvalue weighted by Gasteiger charge is -2.36. The van der Waals surface area contributed by atoms with Gasteiger partial charge in [0.25, 0.3) is 5.91 Å². The molecule has 2 rings (SSSR count). The first-order valence-electron chi connectivity index (χ1n) is 8.21. The molecule has 6 nitrogen and oxygen atoms in total. The van der Waals surface area contributed by atoms with Crippen LogP contribution >= 0.6 is 0 Å². The monoisotopic (exact) mass is 322 g/mol. The van der Waals surface area contributed by atoms with Crippen molar-refractivity contribution < 1.29 is 19.1 Å². The number of rotatable bonds is 5. The Hall–Kier alpha value is -1.82. The highest BCUT2D eigenvalue weighted by Gasteiger charge is 2.32. The number of piperidine rings is 1. The van der Waals surface area contributed by atoms with Crippen molar-refractivity contribution in [3.63, 3.8) is 0 Å². The Kier molecular flexibility index (Phi) is 5.82. The third kappa shape index (κ3) is 4.34. The second kappa shape index (κ2) is 7.64. The van der Waals surface area contributed by atoms with Crippen molar-refractivity contribution >= 4 is 11.8 Å². The van der Waals surface area contributed by atoms with Gasteiger partial charge in [-0.25, -0.2) is 0 Å². The highest BCUT2D eigenvalue weighted by atomic mass is 16.3. The SMILES string of the molecule is CC(C)C(NC(=O)c1ccco1)C(=O)N1CCC(C(C)O)CC1. The molecule has 23 heavy (non-hydrogen) atoms. The lowest BCUT2D eigenvalue weighted by atomic mass is 9.91. The van der Waals surface area contributed by atoms with Crippen molar-refractivity contribution in [2.45, 2.75) is 45.8 Å². The zero-order chi connectivity index (χ0) is 17.0. The van der Waals surface area contributed by atoms with Gasteiger partial charge in [-0.15, -0.1) is 0 Å². The normalized spacial score (nSPS) is 18.7. The molecule has 2 N–H and O–H groups in total. The Morgan fingerprint density at radius 3 is 2.43 bits per heavy atom. The van der Waals surface area contributed by atoms with Gasteiger partial charge in [0.1, 0.15) is 6.04 Å². The number of likely N-dealkylation sites (tertiary alicyclic amines) is 1. The van der Waals surface area contributed by atoms with Crippen molar-refractivity contribution in [1.29, 1.82) is 0 Å². The van der Waals surface area contributed by atoms with Crippen LogP contribution in [0.4, 0.5) is 0 Å². The molecule has 1 aliphatic rings. The van der Waals surface area contributed by atoms with Crippen LogP contribution in [0.5, 0.6) is 0 Å². The average molecular weight is 322 g/mol. The summed E-state index contributed by atoms with van der Waals surface area (Å²) in [6.07, 6.45) is 2.68. The van der Waals surface area contributed by atoms with Gasteiger partial charge in [-0.3, -0.25) is 9.59 Å². The Morgan fingerprint density at radius 1 is 1.30 bits per heavy atom. The summed E-state index contributed by atoms with van der Waals surface area (Å²) in [6.45, 7) is 6.85. The second-order valence-corrected chi connectivity index (χ2v) is 6.58. The first kappa shape index (κ1) is 17.5. The lowest BCUT2D eigenvalue weighted by molar-refractivity contribution is -0.136. The van der Waals surface area contributed by atoms with E-state index in [2.05, 4.69) is 5.32 Å². The summed E-state index contributed by atoms with van der Waals surface area (Å²) in [5.41, 5.74) is 0. The van der Waals surface area contributed by atoms with Crippen LogP contribution in [0.15, 0.2) is 22.8 Å². The minimum atomic E-state index is -0.573. The van der Waals surface area contributed by atoms with Crippen LogP contribution in [0.3, 0.4) is 0 Å². The topological polar surface area (TPSA) is 82.8 Å². The Labute approximate surface area is 136 Å². The van der Waals surface area contributed by atoms with Gasteiger partial charge in [-0.05, 0) is 43.7 Å². The fraction of sp³-hybridized carbons (Fsp3) is 0.647. The number of carbonyl (C=O) groups is 2. The fourth-order valence-electron chi connectivity index (χ4n) is 2.93. The van der Waals surface area contributed by atoms with Crippen LogP contribution < -0.4 is 5.32 Å². The fourth-order valence-corrected chi connectivity index (χ4v) is 2.93. The summed E-state index contributed by atoms with van der Waals surface area (Å²) < 4.78 is 5.08. The molecule has 6 heteroatoms. The van der Waals surface area contributed by atoms with Crippen LogP contribution in [0.25, 0.3) is 0 Å². The van der Waals surface area contributed by atoms with E-state index in [-0.39, 0.29) is 35.5 Å². The van der Waals surface area contributed by atoms with E-state index in [1.165, 1.54) is 6.26 Å². The first-order valence-corrected chi connectivity index (χ1v) is 8.21. The van der Waals surface area contributed by atoms with Gasteiger partial charge in [-0.2, -0.15) is 0 Å². The molecule has 1 fully saturated rings. The molecule has 2 heterocycles. The minimum absolute atomic E-state index is 0.0177. The van der Waals surface area contributed by atoms with E-state index in [1.54, 1.807) is 24.0 Å². The number of aliphatic hydroxyl groups is 1. The van der Waals surface area contributed by atoms with Gasteiger partial charge in [0.2, 0.25) is 5.91 Å². The van der Waals surface area contributed by atoms with E-state index in [4.69, 9.17) is 4.42 Å². The average Bonchev–Trinajstić information content (AvgIpc) is 3.06. The Morgan fingerprint density at radius 2 is 1.96 bits per heavy atom. The van der Waals surface area contributed by atoms with Crippen molar-refractivity contribution in [3.8, 4) is 0 Å². The molecule has 128 valence electrons. The second-order valence-electron chi connectivity index (χ2n) is 6.58. The number of hydrogen-bond acceptors (Lipinski definition) is 4. The summed E-state index contributed by atoms with van der Waals surface area (Å²) in [5, 5.41) is 12.4. The summed E-state index contributed by atoms with van der Waals surface area (Å²) in [6, 6.07) is 2.64. The predicted molar refractivity (Wildman–Crippen MR) is 85.8 cm³/mol. The zero-order valence-corrected chi connectivity index (χ0v) is 14.0. The minimum Gasteiger partial charge on any atom is -0.459 e. The predicted octanol–water partition coefficient (Wildman–Crippen LogP) is 1.65. The Balaban J connectivity index is 1.98. The third-order valence-corrected chi connectivity index (χ3v) is 4.50. The van der Waals surface area contributed by atoms with Crippen molar-refractivity contribution in [2.75, 3.05) is 13.1 Å². The van der Waals surface area contributed by atoms with Crippen LogP contribution in [0, 0.1) is 11.8 Å². The maximum atomic E-state index is 12.7. The van der Waals surface area contributed by atoms with Gasteiger partial charge < -0.3 is 19.7 Å². The molecule has 0 aromatic carbocycles. The van der Waals surface area contributed by atoms with Crippen molar-refractivity contribution in [2.24, 2.45) is 11.8 Å². The lowest BCUT2D eigenvalue weighted by Crippen LogP contribution is -2.53. The molecule has 0 radical (unpaired) electrons. The molecule has 1 aliphatic heterocycles. The van der Waals surface area contributed by atoms with Crippen LogP contribution in [0.1, 0.15) is 44.2 Å². The van der Waals surface area contributed by atoms with E-state index >= 15 is 0 Å². The smallest absolute Gasteiger partial charge is 0.287 e. The van der Waals surface area contributed by atoms with E-state index in [1.807, 2.05) is 13.8 Å². The molecule has 2 amide bonds. The van der Waals surface area contributed by atoms with Crippen molar-refractivity contribution in [3.05, 3.63) is 24.2 Å². The number of hydrogen-bond donors (Lipinski definition) is 2. The summed E-state index contributed by atoms with van der Waals surface area (Å²) in [7, 11) is 0. The number of nitrogens with one attached hydrogen (secondary N) is 1. The highest BCUT2D eigenvalue weighted by molar-refractivity contribution is 5.95. The van der Waals surface area contributed by atoms with Gasteiger partial charge in [0.15, 0.2) is 5.76 Å². The van der Waals surface area contributed by atoms with Crippen molar-refractivity contribution in [1.82, 2.24) is 10.2 Å². The Bertz CT molecular complexity index is 517. The van der Waals surface area contributed by atoms with E-state index in [9.17, 15) is 14.7 Å². The molecule has 1 saturated heterocycles. The molecular weight excluding hydrogens is 296 g/mol. The molecule has 1 aromatic rings. The third-order valence-electron chi connectivity index (χ3n) is 4.50. The zero-order valence-electron chi connectivity index (χ0n) is 14.0. The molecular formula is C17H26N2O4. The summed E-state index contributed by atoms with van der Waals surface area (Å²) >= 11 is 0. The maximum Gasteiger partial charge on any atom is 0.287 e. The van der Waals surface area contributed by atoms with Crippen LogP contribution in [0.2, 0.25) is 0 Å². The van der Waals surface area contributed by atoms with E-state index in [0.717, 1.165) is 12.8 Å². The van der Waals surface area contributed by atoms with E-state index < -0.39 is 6.04 Å². The number of nitrogens with zero attached hydrogens (tertiary/aromatic N) is 1. The molecule has 0 saturated carbocycles. The number of amides is 2. The molecule has 2 atom stereocenters. The summed E-state index contributed by atoms with van der Waals surface area (Å²) in [5.74, 6) is -0.00806. The van der Waals surface area contributed by atoms with Crippen LogP contribution in [-0.2, 0) is 4.79 Å². The molecule has 2 unspecified atom stereocenters. The molecule has 0 spiro atoms. The standard InChI is InChI=1S/C17H26N2O4/c1-11(2)15(18-16(21)14-5-4-10-23-14)17(22)19-8-6-13(7-9-19)12(3)20/h4-5,10-13,15,20H,6-9H2,1-3H3,(H,18,21). The van der Waals surface area contributed by atoms with Gasteiger partial charge in [0, 0.05) is 13.1 Å². The molecule has 1 aromatic heterocycles. The number of aliphatic hydroxyl groups excluding tert-OH is 1. The first-order chi connectivity index (χ1) is 10.9. The molecule has 0 aliphatic carbocycles. The van der Waals surface area contributed by atoms with Gasteiger partial charge >= 0.3 is 0 Å². The van der Waals surface area contributed by atoms with E-state index in [0.29, 0.717) is 13.1 Å². The highest BCUT2D eigenvalue weighted by Crippen LogP contribution is 2.22. The largest absolute Gasteiger partial charge is 0.459 e. The van der Waals surface area contributed by atoms with Crippen LogP contribution in [-0.4, -0.2) is 47.1 Å². The number of carbonyl (C=O) groups excluding carboxylic acids is 2. The molecule has 0 bridgehead atoms. The van der Waals surface area contributed by atoms with Gasteiger partial charge in [0.05, 0.1) is 12.4 Å².